The van der Waals surface area contributed by atoms with Crippen LogP contribution in [0, 0.1) is 0 Å². The van der Waals surface area contributed by atoms with Crippen LogP contribution in [0.2, 0.25) is 0 Å². The zero-order chi connectivity index (χ0) is 11.1. The second-order valence-electron chi connectivity index (χ2n) is 4.29. The lowest BCUT2D eigenvalue weighted by molar-refractivity contribution is 0.0951. The third kappa shape index (κ3) is 1.56. The summed E-state index contributed by atoms with van der Waals surface area (Å²) in [6.07, 6.45) is 4.03. The molecule has 1 fully saturated rings. The average molecular weight is 215 g/mol. The summed E-state index contributed by atoms with van der Waals surface area (Å²) < 4.78 is 1.78. The van der Waals surface area contributed by atoms with E-state index in [9.17, 15) is 4.79 Å². The molecular formula is C12H13N3O. The van der Waals surface area contributed by atoms with E-state index < -0.39 is 0 Å². The molecule has 1 aromatic carbocycles. The van der Waals surface area contributed by atoms with Crippen molar-refractivity contribution in [3.8, 4) is 0 Å². The van der Waals surface area contributed by atoms with Crippen molar-refractivity contribution in [2.24, 2.45) is 7.05 Å². The number of benzene rings is 1. The van der Waals surface area contributed by atoms with Crippen LogP contribution in [0.15, 0.2) is 24.4 Å². The molecule has 0 saturated heterocycles. The predicted molar refractivity (Wildman–Crippen MR) is 61.2 cm³/mol. The number of hydrogen-bond donors (Lipinski definition) is 1. The quantitative estimate of drug-likeness (QED) is 0.824. The van der Waals surface area contributed by atoms with E-state index in [0.717, 1.165) is 23.7 Å². The first-order chi connectivity index (χ1) is 7.74. The van der Waals surface area contributed by atoms with Gasteiger partial charge in [-0.3, -0.25) is 9.48 Å². The molecule has 82 valence electrons. The van der Waals surface area contributed by atoms with Crippen LogP contribution in [0.1, 0.15) is 23.2 Å². The minimum absolute atomic E-state index is 0.0191. The Morgan fingerprint density at radius 3 is 3.06 bits per heavy atom. The molecule has 0 radical (unpaired) electrons. The van der Waals surface area contributed by atoms with Crippen molar-refractivity contribution in [3.05, 3.63) is 30.0 Å². The smallest absolute Gasteiger partial charge is 0.251 e. The van der Waals surface area contributed by atoms with E-state index in [4.69, 9.17) is 0 Å². The lowest BCUT2D eigenvalue weighted by atomic mass is 10.1. The Morgan fingerprint density at radius 2 is 2.31 bits per heavy atom. The van der Waals surface area contributed by atoms with Gasteiger partial charge in [0.05, 0.1) is 11.7 Å². The monoisotopic (exact) mass is 215 g/mol. The van der Waals surface area contributed by atoms with Crippen molar-refractivity contribution in [1.82, 2.24) is 15.1 Å². The molecule has 0 atom stereocenters. The van der Waals surface area contributed by atoms with Gasteiger partial charge in [-0.05, 0) is 25.0 Å². The first kappa shape index (κ1) is 9.39. The molecule has 4 heteroatoms. The summed E-state index contributed by atoms with van der Waals surface area (Å²) in [6.45, 7) is 0. The molecule has 1 amide bonds. The molecule has 1 aromatic heterocycles. The standard InChI is InChI=1S/C12H13N3O/c1-15-11-6-8(2-3-9(11)7-13-15)12(16)14-10-4-5-10/h2-3,6-7,10H,4-5H2,1H3,(H,14,16). The van der Waals surface area contributed by atoms with Crippen LogP contribution in [0.5, 0.6) is 0 Å². The Balaban J connectivity index is 1.96. The van der Waals surface area contributed by atoms with Crippen LogP contribution in [0.4, 0.5) is 0 Å². The molecule has 1 saturated carbocycles. The molecule has 3 rings (SSSR count). The fourth-order valence-electron chi connectivity index (χ4n) is 1.78. The van der Waals surface area contributed by atoms with Gasteiger partial charge >= 0.3 is 0 Å². The number of amides is 1. The van der Waals surface area contributed by atoms with Gasteiger partial charge in [0.15, 0.2) is 0 Å². The van der Waals surface area contributed by atoms with Gasteiger partial charge in [-0.25, -0.2) is 0 Å². The van der Waals surface area contributed by atoms with E-state index in [2.05, 4.69) is 10.4 Å². The largest absolute Gasteiger partial charge is 0.349 e. The molecule has 1 aliphatic rings. The molecule has 4 nitrogen and oxygen atoms in total. The molecule has 1 aliphatic carbocycles. The van der Waals surface area contributed by atoms with Crippen LogP contribution in [0.25, 0.3) is 10.9 Å². The normalized spacial score (nSPS) is 15.3. The molecule has 0 unspecified atom stereocenters. The summed E-state index contributed by atoms with van der Waals surface area (Å²) in [6, 6.07) is 6.07. The predicted octanol–water partition coefficient (Wildman–Crippen LogP) is 1.47. The fraction of sp³-hybridized carbons (Fsp3) is 0.333. The van der Waals surface area contributed by atoms with Crippen molar-refractivity contribution in [3.63, 3.8) is 0 Å². The number of aromatic nitrogens is 2. The fourth-order valence-corrected chi connectivity index (χ4v) is 1.78. The van der Waals surface area contributed by atoms with Gasteiger partial charge in [0.2, 0.25) is 0 Å². The van der Waals surface area contributed by atoms with E-state index in [0.29, 0.717) is 11.6 Å². The minimum Gasteiger partial charge on any atom is -0.349 e. The number of rotatable bonds is 2. The maximum atomic E-state index is 11.8. The summed E-state index contributed by atoms with van der Waals surface area (Å²) in [7, 11) is 1.88. The Hall–Kier alpha value is -1.84. The van der Waals surface area contributed by atoms with Crippen molar-refractivity contribution in [1.29, 1.82) is 0 Å². The molecule has 2 aromatic rings. The van der Waals surface area contributed by atoms with E-state index >= 15 is 0 Å². The van der Waals surface area contributed by atoms with E-state index in [1.165, 1.54) is 0 Å². The number of nitrogens with zero attached hydrogens (tertiary/aromatic N) is 2. The molecular weight excluding hydrogens is 202 g/mol. The lowest BCUT2D eigenvalue weighted by Gasteiger charge is -2.03. The molecule has 0 aliphatic heterocycles. The highest BCUT2D eigenvalue weighted by Crippen LogP contribution is 2.20. The van der Waals surface area contributed by atoms with Gasteiger partial charge in [0, 0.05) is 24.0 Å². The maximum Gasteiger partial charge on any atom is 0.251 e. The average Bonchev–Trinajstić information content (AvgIpc) is 3.02. The third-order valence-electron chi connectivity index (χ3n) is 2.92. The summed E-state index contributed by atoms with van der Waals surface area (Å²) in [5.41, 5.74) is 1.70. The van der Waals surface area contributed by atoms with Gasteiger partial charge in [-0.15, -0.1) is 0 Å². The summed E-state index contributed by atoms with van der Waals surface area (Å²) >= 11 is 0. The second kappa shape index (κ2) is 3.33. The molecule has 16 heavy (non-hydrogen) atoms. The van der Waals surface area contributed by atoms with Gasteiger partial charge in [0.1, 0.15) is 0 Å². The van der Waals surface area contributed by atoms with Crippen molar-refractivity contribution >= 4 is 16.8 Å². The zero-order valence-electron chi connectivity index (χ0n) is 9.10. The summed E-state index contributed by atoms with van der Waals surface area (Å²) in [4.78, 5) is 11.8. The Kier molecular flexibility index (Phi) is 1.96. The Labute approximate surface area is 93.3 Å². The van der Waals surface area contributed by atoms with Crippen LogP contribution in [-0.4, -0.2) is 21.7 Å². The maximum absolute atomic E-state index is 11.8. The minimum atomic E-state index is 0.0191. The highest BCUT2D eigenvalue weighted by Gasteiger charge is 2.23. The zero-order valence-corrected chi connectivity index (χ0v) is 9.10. The first-order valence-corrected chi connectivity index (χ1v) is 5.47. The van der Waals surface area contributed by atoms with Crippen LogP contribution >= 0.6 is 0 Å². The van der Waals surface area contributed by atoms with Crippen molar-refractivity contribution < 1.29 is 4.79 Å². The van der Waals surface area contributed by atoms with Gasteiger partial charge in [-0.2, -0.15) is 5.10 Å². The Morgan fingerprint density at radius 1 is 1.50 bits per heavy atom. The number of carbonyl (C=O) groups is 1. The topological polar surface area (TPSA) is 46.9 Å². The lowest BCUT2D eigenvalue weighted by Crippen LogP contribution is -2.25. The van der Waals surface area contributed by atoms with Gasteiger partial charge < -0.3 is 5.32 Å². The third-order valence-corrected chi connectivity index (χ3v) is 2.92. The highest BCUT2D eigenvalue weighted by molar-refractivity contribution is 5.98. The van der Waals surface area contributed by atoms with E-state index in [1.807, 2.05) is 25.2 Å². The number of fused-ring (bicyclic) bond motifs is 1. The molecule has 0 bridgehead atoms. The first-order valence-electron chi connectivity index (χ1n) is 5.47. The molecule has 1 N–H and O–H groups in total. The van der Waals surface area contributed by atoms with Gasteiger partial charge in [-0.1, -0.05) is 6.07 Å². The van der Waals surface area contributed by atoms with Crippen molar-refractivity contribution in [2.75, 3.05) is 0 Å². The van der Waals surface area contributed by atoms with Crippen molar-refractivity contribution in [2.45, 2.75) is 18.9 Å². The van der Waals surface area contributed by atoms with E-state index in [1.54, 1.807) is 10.9 Å². The second-order valence-corrected chi connectivity index (χ2v) is 4.29. The van der Waals surface area contributed by atoms with Gasteiger partial charge in [0.25, 0.3) is 5.91 Å². The number of aryl methyl sites for hydroxylation is 1. The number of nitrogens with one attached hydrogen (secondary N) is 1. The summed E-state index contributed by atoms with van der Waals surface area (Å²) in [5, 5.41) is 8.19. The van der Waals surface area contributed by atoms with E-state index in [-0.39, 0.29) is 5.91 Å². The van der Waals surface area contributed by atoms with Crippen LogP contribution in [-0.2, 0) is 7.05 Å². The highest BCUT2D eigenvalue weighted by atomic mass is 16.1. The summed E-state index contributed by atoms with van der Waals surface area (Å²) in [5.74, 6) is 0.0191. The van der Waals surface area contributed by atoms with Crippen LogP contribution < -0.4 is 5.32 Å². The number of carbonyl (C=O) groups excluding carboxylic acids is 1. The molecule has 0 spiro atoms. The number of hydrogen-bond acceptors (Lipinski definition) is 2. The molecule has 1 heterocycles. The SMILES string of the molecule is Cn1ncc2ccc(C(=O)NC3CC3)cc21. The van der Waals surface area contributed by atoms with Crippen LogP contribution in [0.3, 0.4) is 0 Å². The Bertz CT molecular complexity index is 554.